The molecule has 13 nitrogen and oxygen atoms in total. The molecule has 0 saturated carbocycles. The van der Waals surface area contributed by atoms with Gasteiger partial charge < -0.3 is 15.7 Å². The minimum Gasteiger partial charge on any atom is -0.475 e. The Bertz CT molecular complexity index is 1490. The quantitative estimate of drug-likeness (QED) is 0.338. The molecule has 0 spiro atoms. The van der Waals surface area contributed by atoms with Crippen LogP contribution in [0, 0.1) is 0 Å². The molecule has 2 amide bonds. The first-order chi connectivity index (χ1) is 19.0. The van der Waals surface area contributed by atoms with E-state index in [4.69, 9.17) is 15.6 Å². The van der Waals surface area contributed by atoms with Crippen LogP contribution in [0.25, 0.3) is 22.2 Å². The lowest BCUT2D eigenvalue weighted by Crippen LogP contribution is -2.49. The number of amides is 2. The maximum Gasteiger partial charge on any atom is 0.490 e. The Labute approximate surface area is 225 Å². The summed E-state index contributed by atoms with van der Waals surface area (Å²) in [6, 6.07) is 11.1. The zero-order valence-corrected chi connectivity index (χ0v) is 21.2. The van der Waals surface area contributed by atoms with Gasteiger partial charge in [-0.1, -0.05) is 12.1 Å². The maximum absolute atomic E-state index is 12.7. The zero-order valence-electron chi connectivity index (χ0n) is 21.2. The Morgan fingerprint density at radius 2 is 1.75 bits per heavy atom. The molecule has 4 N–H and O–H groups in total. The van der Waals surface area contributed by atoms with E-state index in [-0.39, 0.29) is 6.03 Å². The molecule has 4 heterocycles. The summed E-state index contributed by atoms with van der Waals surface area (Å²) in [4.78, 5) is 34.6. The normalized spacial score (nSPS) is 13.9. The summed E-state index contributed by atoms with van der Waals surface area (Å²) >= 11 is 0. The summed E-state index contributed by atoms with van der Waals surface area (Å²) in [5.74, 6) is -1.17. The number of carboxylic acids is 1. The van der Waals surface area contributed by atoms with Gasteiger partial charge >= 0.3 is 18.2 Å². The summed E-state index contributed by atoms with van der Waals surface area (Å²) in [5.41, 5.74) is 8.51. The summed E-state index contributed by atoms with van der Waals surface area (Å²) in [5, 5.41) is 23.2. The number of nitrogens with one attached hydrogen (secondary N) is 1. The van der Waals surface area contributed by atoms with Crippen LogP contribution in [0.15, 0.2) is 48.8 Å². The highest BCUT2D eigenvalue weighted by molar-refractivity contribution is 5.88. The second kappa shape index (κ2) is 11.9. The smallest absolute Gasteiger partial charge is 0.475 e. The molecule has 0 unspecified atom stereocenters. The van der Waals surface area contributed by atoms with Gasteiger partial charge in [-0.25, -0.2) is 19.6 Å². The lowest BCUT2D eigenvalue weighted by molar-refractivity contribution is -0.192. The largest absolute Gasteiger partial charge is 0.490 e. The van der Waals surface area contributed by atoms with Crippen LogP contribution in [0.5, 0.6) is 0 Å². The fourth-order valence-electron chi connectivity index (χ4n) is 3.83. The number of aryl methyl sites for hydroxylation is 1. The molecule has 16 heteroatoms. The number of hydrogen-bond acceptors (Lipinski definition) is 9. The van der Waals surface area contributed by atoms with Gasteiger partial charge in [-0.2, -0.15) is 18.3 Å². The van der Waals surface area contributed by atoms with Crippen LogP contribution in [0.4, 0.5) is 29.6 Å². The second-order valence-corrected chi connectivity index (χ2v) is 8.74. The van der Waals surface area contributed by atoms with Gasteiger partial charge in [0.1, 0.15) is 11.6 Å². The number of hydrogen-bond donors (Lipinski definition) is 3. The monoisotopic (exact) mass is 558 g/mol. The van der Waals surface area contributed by atoms with Crippen molar-refractivity contribution < 1.29 is 27.9 Å². The predicted octanol–water partition coefficient (Wildman–Crippen LogP) is 2.39. The van der Waals surface area contributed by atoms with Gasteiger partial charge in [-0.3, -0.25) is 14.9 Å². The number of rotatable bonds is 4. The number of halogens is 3. The number of fused-ring (bicyclic) bond motifs is 1. The average Bonchev–Trinajstić information content (AvgIpc) is 3.35. The van der Waals surface area contributed by atoms with Crippen molar-refractivity contribution in [2.75, 3.05) is 37.2 Å². The first-order valence-corrected chi connectivity index (χ1v) is 11.9. The number of carboxylic acid groups (broad SMARTS) is 1. The molecule has 1 aliphatic heterocycles. The van der Waals surface area contributed by atoms with Crippen molar-refractivity contribution in [3.05, 3.63) is 54.6 Å². The molecular weight excluding hydrogens is 533 g/mol. The first kappa shape index (κ1) is 28.2. The molecule has 5 rings (SSSR count). The number of aliphatic carboxylic acids is 1. The van der Waals surface area contributed by atoms with Crippen molar-refractivity contribution in [3.8, 4) is 11.3 Å². The summed E-state index contributed by atoms with van der Waals surface area (Å²) in [6.45, 7) is 3.21. The third-order valence-electron chi connectivity index (χ3n) is 5.85. The zero-order chi connectivity index (χ0) is 28.9. The molecule has 0 radical (unpaired) electrons. The van der Waals surface area contributed by atoms with Crippen molar-refractivity contribution >= 4 is 34.5 Å². The van der Waals surface area contributed by atoms with Crippen LogP contribution < -0.4 is 11.1 Å². The molecule has 1 aliphatic rings. The molecule has 0 bridgehead atoms. The van der Waals surface area contributed by atoms with Gasteiger partial charge in [0, 0.05) is 50.4 Å². The SMILES string of the molecule is Cn1cc(-c2ccc(NC(=O)N3CCN(Cc4nc(N)c5ccccc5n4)CC3)nn2)cn1.O=C(O)C(F)(F)F. The Morgan fingerprint density at radius 1 is 1.05 bits per heavy atom. The van der Waals surface area contributed by atoms with E-state index >= 15 is 0 Å². The van der Waals surface area contributed by atoms with Crippen LogP contribution >= 0.6 is 0 Å². The molecule has 1 aromatic carbocycles. The number of piperazine rings is 1. The number of anilines is 2. The lowest BCUT2D eigenvalue weighted by atomic mass is 10.2. The fourth-order valence-corrected chi connectivity index (χ4v) is 3.83. The topological polar surface area (TPSA) is 168 Å². The molecule has 210 valence electrons. The molecule has 0 aliphatic carbocycles. The van der Waals surface area contributed by atoms with Crippen LogP contribution in [-0.4, -0.2) is 89.2 Å². The number of aromatic nitrogens is 6. The second-order valence-electron chi connectivity index (χ2n) is 8.74. The van der Waals surface area contributed by atoms with Gasteiger partial charge in [0.15, 0.2) is 5.82 Å². The maximum atomic E-state index is 12.7. The highest BCUT2D eigenvalue weighted by Gasteiger charge is 2.38. The number of nitrogen functional groups attached to an aromatic ring is 1. The first-order valence-electron chi connectivity index (χ1n) is 11.9. The van der Waals surface area contributed by atoms with Crippen molar-refractivity contribution in [2.24, 2.45) is 7.05 Å². The van der Waals surface area contributed by atoms with E-state index < -0.39 is 12.1 Å². The van der Waals surface area contributed by atoms with Gasteiger partial charge in [-0.15, -0.1) is 10.2 Å². The van der Waals surface area contributed by atoms with E-state index in [1.54, 1.807) is 21.8 Å². The van der Waals surface area contributed by atoms with E-state index in [2.05, 4.69) is 35.5 Å². The molecule has 3 aromatic heterocycles. The van der Waals surface area contributed by atoms with Gasteiger partial charge in [0.25, 0.3) is 0 Å². The molecule has 0 atom stereocenters. The van der Waals surface area contributed by atoms with Crippen LogP contribution in [0.2, 0.25) is 0 Å². The van der Waals surface area contributed by atoms with Crippen molar-refractivity contribution in [1.82, 2.24) is 39.7 Å². The molecule has 40 heavy (non-hydrogen) atoms. The molecular formula is C24H25F3N10O3. The van der Waals surface area contributed by atoms with E-state index in [1.807, 2.05) is 43.6 Å². The minimum atomic E-state index is -5.08. The highest BCUT2D eigenvalue weighted by atomic mass is 19.4. The number of carbonyl (C=O) groups excluding carboxylic acids is 1. The van der Waals surface area contributed by atoms with Crippen LogP contribution in [0.1, 0.15) is 5.82 Å². The molecule has 1 saturated heterocycles. The Hall–Kier alpha value is -4.86. The average molecular weight is 559 g/mol. The number of benzene rings is 1. The summed E-state index contributed by atoms with van der Waals surface area (Å²) < 4.78 is 33.4. The van der Waals surface area contributed by atoms with Crippen LogP contribution in [-0.2, 0) is 18.4 Å². The third-order valence-corrected chi connectivity index (χ3v) is 5.85. The van der Waals surface area contributed by atoms with Crippen molar-refractivity contribution in [3.63, 3.8) is 0 Å². The number of nitrogens with two attached hydrogens (primary N) is 1. The Balaban J connectivity index is 0.000000470. The van der Waals surface area contributed by atoms with Crippen molar-refractivity contribution in [2.45, 2.75) is 12.7 Å². The van der Waals surface area contributed by atoms with E-state index in [0.29, 0.717) is 42.8 Å². The summed E-state index contributed by atoms with van der Waals surface area (Å²) in [6.07, 6.45) is -1.50. The van der Waals surface area contributed by atoms with Crippen LogP contribution in [0.3, 0.4) is 0 Å². The Kier molecular flexibility index (Phi) is 8.37. The number of para-hydroxylation sites is 1. The van der Waals surface area contributed by atoms with E-state index in [9.17, 15) is 18.0 Å². The van der Waals surface area contributed by atoms with Gasteiger partial charge in [0.05, 0.1) is 24.0 Å². The highest BCUT2D eigenvalue weighted by Crippen LogP contribution is 2.19. The number of urea groups is 1. The summed E-state index contributed by atoms with van der Waals surface area (Å²) in [7, 11) is 1.84. The van der Waals surface area contributed by atoms with E-state index in [1.165, 1.54) is 0 Å². The lowest BCUT2D eigenvalue weighted by Gasteiger charge is -2.34. The predicted molar refractivity (Wildman–Crippen MR) is 138 cm³/mol. The standard InChI is InChI=1S/C22H24N10O.C2HF3O2/c1-30-13-15(12-24-30)17-6-7-19(29-28-17)27-22(33)32-10-8-31(9-11-32)14-20-25-18-5-3-2-4-16(18)21(23)26-20;3-2(4,5)1(6)7/h2-7,12-13H,8-11,14H2,1H3,(H2,23,25,26)(H,27,29,33);(H,6,7). The molecule has 4 aromatic rings. The Morgan fingerprint density at radius 3 is 2.35 bits per heavy atom. The third kappa shape index (κ3) is 7.16. The fraction of sp³-hybridized carbons (Fsp3) is 0.292. The number of alkyl halides is 3. The number of nitrogens with zero attached hydrogens (tertiary/aromatic N) is 8. The van der Waals surface area contributed by atoms with Gasteiger partial charge in [0.2, 0.25) is 0 Å². The van der Waals surface area contributed by atoms with Gasteiger partial charge in [-0.05, 0) is 24.3 Å². The van der Waals surface area contributed by atoms with E-state index in [0.717, 1.165) is 29.6 Å². The van der Waals surface area contributed by atoms with Crippen molar-refractivity contribution in [1.29, 1.82) is 0 Å². The number of carbonyl (C=O) groups is 2. The minimum absolute atomic E-state index is 0.190. The molecule has 1 fully saturated rings.